The Morgan fingerprint density at radius 2 is 1.76 bits per heavy atom. The van der Waals surface area contributed by atoms with Crippen LogP contribution >= 0.6 is 23.1 Å². The number of nitrogens with one attached hydrogen (secondary N) is 2. The average molecular weight is 431 g/mol. The maximum Gasteiger partial charge on any atom is 0.257 e. The molecule has 1 aromatic heterocycles. The van der Waals surface area contributed by atoms with E-state index >= 15 is 0 Å². The molecule has 0 aliphatic rings. The summed E-state index contributed by atoms with van der Waals surface area (Å²) in [5.41, 5.74) is 1.13. The lowest BCUT2D eigenvalue weighted by Gasteiger charge is -2.08. The number of para-hydroxylation sites is 1. The van der Waals surface area contributed by atoms with Gasteiger partial charge in [-0.05, 0) is 30.3 Å². The summed E-state index contributed by atoms with van der Waals surface area (Å²) in [7, 11) is 3.03. The van der Waals surface area contributed by atoms with Crippen LogP contribution in [0.1, 0.15) is 10.4 Å². The zero-order valence-corrected chi connectivity index (χ0v) is 17.3. The molecule has 0 fully saturated rings. The standard InChI is InChI=1S/C19H18N4O4S2/c1-26-14-9-8-12(10-15(14)27-2)17(25)21-18-22-23-19(29-18)28-11-16(24)20-13-6-4-3-5-7-13/h3-10H,11H2,1-2H3,(H,20,24)(H,21,22,25). The van der Waals surface area contributed by atoms with Crippen molar-refractivity contribution in [3.8, 4) is 11.5 Å². The minimum absolute atomic E-state index is 0.146. The van der Waals surface area contributed by atoms with Crippen molar-refractivity contribution in [1.82, 2.24) is 10.2 Å². The number of ether oxygens (including phenoxy) is 2. The van der Waals surface area contributed by atoms with E-state index in [9.17, 15) is 9.59 Å². The van der Waals surface area contributed by atoms with Crippen LogP contribution in [-0.4, -0.2) is 42.0 Å². The van der Waals surface area contributed by atoms with Crippen molar-refractivity contribution in [1.29, 1.82) is 0 Å². The molecule has 2 amide bonds. The fourth-order valence-corrected chi connectivity index (χ4v) is 3.86. The molecule has 10 heteroatoms. The Morgan fingerprint density at radius 3 is 2.48 bits per heavy atom. The molecule has 2 aromatic carbocycles. The van der Waals surface area contributed by atoms with Crippen LogP contribution < -0.4 is 20.1 Å². The summed E-state index contributed by atoms with van der Waals surface area (Å²) in [5.74, 6) is 0.686. The number of benzene rings is 2. The van der Waals surface area contributed by atoms with Gasteiger partial charge in [0, 0.05) is 11.3 Å². The molecule has 0 aliphatic heterocycles. The average Bonchev–Trinajstić information content (AvgIpc) is 3.19. The first-order valence-electron chi connectivity index (χ1n) is 8.43. The highest BCUT2D eigenvalue weighted by Crippen LogP contribution is 2.29. The van der Waals surface area contributed by atoms with Crippen molar-refractivity contribution in [2.24, 2.45) is 0 Å². The van der Waals surface area contributed by atoms with Gasteiger partial charge in [0.2, 0.25) is 11.0 Å². The van der Waals surface area contributed by atoms with Crippen molar-refractivity contribution in [2.75, 3.05) is 30.6 Å². The van der Waals surface area contributed by atoms with Gasteiger partial charge >= 0.3 is 0 Å². The van der Waals surface area contributed by atoms with Gasteiger partial charge in [-0.3, -0.25) is 14.9 Å². The van der Waals surface area contributed by atoms with E-state index in [1.54, 1.807) is 18.2 Å². The number of carbonyl (C=O) groups is 2. The van der Waals surface area contributed by atoms with Crippen LogP contribution in [0, 0.1) is 0 Å². The SMILES string of the molecule is COc1ccc(C(=O)Nc2nnc(SCC(=O)Nc3ccccc3)s2)cc1OC. The Balaban J connectivity index is 1.54. The first-order valence-corrected chi connectivity index (χ1v) is 10.2. The lowest BCUT2D eigenvalue weighted by Crippen LogP contribution is -2.13. The summed E-state index contributed by atoms with van der Waals surface area (Å²) >= 11 is 2.44. The third-order valence-electron chi connectivity index (χ3n) is 3.66. The summed E-state index contributed by atoms with van der Waals surface area (Å²) < 4.78 is 11.0. The molecular formula is C19H18N4O4S2. The molecule has 0 aliphatic carbocycles. The second-order valence-corrected chi connectivity index (χ2v) is 7.80. The number of carbonyl (C=O) groups excluding carboxylic acids is 2. The van der Waals surface area contributed by atoms with Crippen LogP contribution in [0.25, 0.3) is 0 Å². The molecule has 1 heterocycles. The van der Waals surface area contributed by atoms with E-state index < -0.39 is 0 Å². The minimum atomic E-state index is -0.347. The van der Waals surface area contributed by atoms with E-state index in [-0.39, 0.29) is 17.6 Å². The topological polar surface area (TPSA) is 102 Å². The molecule has 3 aromatic rings. The van der Waals surface area contributed by atoms with Gasteiger partial charge in [0.15, 0.2) is 15.8 Å². The maximum absolute atomic E-state index is 12.4. The normalized spacial score (nSPS) is 10.3. The number of anilines is 2. The number of methoxy groups -OCH3 is 2. The molecule has 0 saturated carbocycles. The van der Waals surface area contributed by atoms with Crippen LogP contribution in [0.2, 0.25) is 0 Å². The van der Waals surface area contributed by atoms with Gasteiger partial charge in [0.1, 0.15) is 0 Å². The van der Waals surface area contributed by atoms with E-state index in [1.165, 1.54) is 37.3 Å². The first kappa shape index (κ1) is 20.6. The Bertz CT molecular complexity index is 995. The lowest BCUT2D eigenvalue weighted by molar-refractivity contribution is -0.113. The molecule has 2 N–H and O–H groups in total. The number of hydrogen-bond acceptors (Lipinski definition) is 8. The third-order valence-corrected chi connectivity index (χ3v) is 5.63. The van der Waals surface area contributed by atoms with E-state index in [0.29, 0.717) is 26.5 Å². The monoisotopic (exact) mass is 430 g/mol. The summed E-state index contributed by atoms with van der Waals surface area (Å²) in [6.07, 6.45) is 0. The highest BCUT2D eigenvalue weighted by molar-refractivity contribution is 8.01. The largest absolute Gasteiger partial charge is 0.493 e. The summed E-state index contributed by atoms with van der Waals surface area (Å²) in [5, 5.41) is 13.8. The molecule has 3 rings (SSSR count). The molecule has 0 bridgehead atoms. The molecule has 8 nitrogen and oxygen atoms in total. The fraction of sp³-hybridized carbons (Fsp3) is 0.158. The Hall–Kier alpha value is -3.11. The van der Waals surface area contributed by atoms with Crippen molar-refractivity contribution >= 4 is 45.7 Å². The molecule has 150 valence electrons. The smallest absolute Gasteiger partial charge is 0.257 e. The second-order valence-electron chi connectivity index (χ2n) is 5.60. The number of nitrogens with zero attached hydrogens (tertiary/aromatic N) is 2. The Labute approximate surface area is 175 Å². The van der Waals surface area contributed by atoms with E-state index in [1.807, 2.05) is 30.3 Å². The van der Waals surface area contributed by atoms with E-state index in [0.717, 1.165) is 5.69 Å². The molecule has 0 radical (unpaired) electrons. The highest BCUT2D eigenvalue weighted by Gasteiger charge is 2.14. The van der Waals surface area contributed by atoms with Crippen molar-refractivity contribution < 1.29 is 19.1 Å². The van der Waals surface area contributed by atoms with Crippen molar-refractivity contribution in [2.45, 2.75) is 4.34 Å². The third kappa shape index (κ3) is 5.69. The molecule has 0 saturated heterocycles. The maximum atomic E-state index is 12.4. The lowest BCUT2D eigenvalue weighted by atomic mass is 10.2. The summed E-state index contributed by atoms with van der Waals surface area (Å²) in [6, 6.07) is 14.1. The van der Waals surface area contributed by atoms with Gasteiger partial charge in [-0.25, -0.2) is 0 Å². The van der Waals surface area contributed by atoms with Crippen LogP contribution in [0.5, 0.6) is 11.5 Å². The number of thioether (sulfide) groups is 1. The predicted molar refractivity (Wildman–Crippen MR) is 113 cm³/mol. The minimum Gasteiger partial charge on any atom is -0.493 e. The van der Waals surface area contributed by atoms with Gasteiger partial charge in [-0.2, -0.15) is 0 Å². The van der Waals surface area contributed by atoms with Gasteiger partial charge in [0.25, 0.3) is 5.91 Å². The summed E-state index contributed by atoms with van der Waals surface area (Å²) in [6.45, 7) is 0. The van der Waals surface area contributed by atoms with E-state index in [4.69, 9.17) is 9.47 Å². The number of hydrogen-bond donors (Lipinski definition) is 2. The Kier molecular flexibility index (Phi) is 7.04. The number of rotatable bonds is 8. The van der Waals surface area contributed by atoms with Crippen molar-refractivity contribution in [3.05, 3.63) is 54.1 Å². The molecular weight excluding hydrogens is 412 g/mol. The van der Waals surface area contributed by atoms with Crippen LogP contribution in [0.3, 0.4) is 0 Å². The van der Waals surface area contributed by atoms with Crippen molar-refractivity contribution in [3.63, 3.8) is 0 Å². The van der Waals surface area contributed by atoms with Gasteiger partial charge in [0.05, 0.1) is 20.0 Å². The first-order chi connectivity index (χ1) is 14.1. The molecule has 0 atom stereocenters. The highest BCUT2D eigenvalue weighted by atomic mass is 32.2. The van der Waals surface area contributed by atoms with Crippen LogP contribution in [-0.2, 0) is 4.79 Å². The second kappa shape index (κ2) is 9.89. The van der Waals surface area contributed by atoms with Gasteiger partial charge in [-0.15, -0.1) is 10.2 Å². The van der Waals surface area contributed by atoms with E-state index in [2.05, 4.69) is 20.8 Å². The predicted octanol–water partition coefficient (Wildman–Crippen LogP) is 3.54. The Morgan fingerprint density at radius 1 is 1.00 bits per heavy atom. The zero-order valence-electron chi connectivity index (χ0n) is 15.7. The van der Waals surface area contributed by atoms with Gasteiger partial charge in [-0.1, -0.05) is 41.3 Å². The number of aromatic nitrogens is 2. The summed E-state index contributed by atoms with van der Waals surface area (Å²) in [4.78, 5) is 24.4. The fourth-order valence-electron chi connectivity index (χ4n) is 2.31. The van der Waals surface area contributed by atoms with Gasteiger partial charge < -0.3 is 14.8 Å². The van der Waals surface area contributed by atoms with Crippen LogP contribution in [0.4, 0.5) is 10.8 Å². The molecule has 0 spiro atoms. The molecule has 29 heavy (non-hydrogen) atoms. The zero-order chi connectivity index (χ0) is 20.6. The molecule has 0 unspecified atom stereocenters. The number of amides is 2. The van der Waals surface area contributed by atoms with Crippen LogP contribution in [0.15, 0.2) is 52.9 Å². The quantitative estimate of drug-likeness (QED) is 0.416.